The molecule has 0 aliphatic carbocycles. The zero-order chi connectivity index (χ0) is 14.5. The highest BCUT2D eigenvalue weighted by atomic mass is 79.9. The molecule has 0 bridgehead atoms. The van der Waals surface area contributed by atoms with Crippen molar-refractivity contribution in [2.75, 3.05) is 11.9 Å². The molecule has 0 unspecified atom stereocenters. The Morgan fingerprint density at radius 3 is 2.68 bits per heavy atom. The van der Waals surface area contributed by atoms with Gasteiger partial charge in [0.25, 0.3) is 5.91 Å². The molecule has 0 radical (unpaired) electrons. The minimum absolute atomic E-state index is 0.0795. The molecule has 0 heterocycles. The fourth-order valence-electron chi connectivity index (χ4n) is 1.81. The van der Waals surface area contributed by atoms with E-state index in [9.17, 15) is 9.90 Å². The number of aryl methyl sites for hydroxylation is 1. The summed E-state index contributed by atoms with van der Waals surface area (Å²) in [5.41, 5.74) is 1.35. The second kappa shape index (κ2) is 6.94. The number of carbonyl (C=O) groups excluding carboxylic acids is 1. The van der Waals surface area contributed by atoms with Gasteiger partial charge < -0.3 is 10.4 Å². The Bertz CT molecular complexity index is 444. The Kier molecular flexibility index (Phi) is 5.85. The normalized spacial score (nSPS) is 11.4. The number of amides is 1. The lowest BCUT2D eigenvalue weighted by Crippen LogP contribution is -2.34. The Balaban J connectivity index is 2.57. The van der Waals surface area contributed by atoms with Gasteiger partial charge in [0.2, 0.25) is 0 Å². The molecule has 1 aromatic rings. The monoisotopic (exact) mass is 327 g/mol. The second-order valence-corrected chi connectivity index (χ2v) is 6.43. The molecule has 4 heteroatoms. The first-order chi connectivity index (χ1) is 8.85. The van der Waals surface area contributed by atoms with E-state index in [1.165, 1.54) is 6.07 Å². The summed E-state index contributed by atoms with van der Waals surface area (Å²) in [4.78, 5) is 12.0. The molecule has 3 nitrogen and oxygen atoms in total. The van der Waals surface area contributed by atoms with Gasteiger partial charge in [-0.3, -0.25) is 4.79 Å². The van der Waals surface area contributed by atoms with Gasteiger partial charge in [-0.15, -0.1) is 0 Å². The zero-order valence-corrected chi connectivity index (χ0v) is 13.4. The molecule has 0 atom stereocenters. The molecule has 1 amide bonds. The lowest BCUT2D eigenvalue weighted by Gasteiger charge is -2.24. The van der Waals surface area contributed by atoms with Crippen LogP contribution in [-0.2, 0) is 0 Å². The van der Waals surface area contributed by atoms with Crippen LogP contribution in [-0.4, -0.2) is 22.9 Å². The van der Waals surface area contributed by atoms with Crippen LogP contribution in [0.3, 0.4) is 0 Å². The first-order valence-corrected chi connectivity index (χ1v) is 7.62. The number of hydrogen-bond donors (Lipinski definition) is 2. The van der Waals surface area contributed by atoms with Crippen molar-refractivity contribution in [1.29, 1.82) is 0 Å². The smallest absolute Gasteiger partial charge is 0.251 e. The van der Waals surface area contributed by atoms with E-state index in [2.05, 4.69) is 35.1 Å². The lowest BCUT2D eigenvalue weighted by atomic mass is 9.88. The van der Waals surface area contributed by atoms with E-state index in [-0.39, 0.29) is 17.1 Å². The van der Waals surface area contributed by atoms with Crippen LogP contribution in [0, 0.1) is 12.3 Å². The van der Waals surface area contributed by atoms with E-state index < -0.39 is 0 Å². The predicted molar refractivity (Wildman–Crippen MR) is 82.0 cm³/mol. The zero-order valence-electron chi connectivity index (χ0n) is 11.8. The van der Waals surface area contributed by atoms with Gasteiger partial charge in [0.15, 0.2) is 0 Å². The summed E-state index contributed by atoms with van der Waals surface area (Å²) < 4.78 is 0. The fraction of sp³-hybridized carbons (Fsp3) is 0.533. The third-order valence-electron chi connectivity index (χ3n) is 3.19. The van der Waals surface area contributed by atoms with Gasteiger partial charge in [0.1, 0.15) is 5.75 Å². The topological polar surface area (TPSA) is 49.3 Å². The summed E-state index contributed by atoms with van der Waals surface area (Å²) in [5, 5.41) is 13.5. The molecule has 0 saturated carbocycles. The van der Waals surface area contributed by atoms with Gasteiger partial charge in [-0.1, -0.05) is 35.8 Å². The van der Waals surface area contributed by atoms with Gasteiger partial charge in [-0.2, -0.15) is 0 Å². The molecule has 0 saturated heterocycles. The Hall–Kier alpha value is -1.03. The van der Waals surface area contributed by atoms with Gasteiger partial charge in [0.05, 0.1) is 0 Å². The van der Waals surface area contributed by atoms with Crippen LogP contribution in [0.5, 0.6) is 5.75 Å². The molecule has 0 aromatic heterocycles. The minimum atomic E-state index is -0.137. The lowest BCUT2D eigenvalue weighted by molar-refractivity contribution is 0.0934. The van der Waals surface area contributed by atoms with Crippen molar-refractivity contribution in [2.24, 2.45) is 5.41 Å². The third kappa shape index (κ3) is 5.23. The molecule has 1 rings (SSSR count). The van der Waals surface area contributed by atoms with Crippen molar-refractivity contribution in [3.63, 3.8) is 0 Å². The van der Waals surface area contributed by atoms with Crippen LogP contribution in [0.15, 0.2) is 18.2 Å². The molecular formula is C15H22BrNO2. The average molecular weight is 328 g/mol. The maximum Gasteiger partial charge on any atom is 0.251 e. The quantitative estimate of drug-likeness (QED) is 0.784. The molecule has 0 spiro atoms. The van der Waals surface area contributed by atoms with Crippen molar-refractivity contribution in [2.45, 2.75) is 33.6 Å². The van der Waals surface area contributed by atoms with Crippen molar-refractivity contribution in [3.8, 4) is 5.75 Å². The number of alkyl halides is 1. The van der Waals surface area contributed by atoms with Crippen molar-refractivity contribution in [3.05, 3.63) is 29.3 Å². The van der Waals surface area contributed by atoms with Crippen molar-refractivity contribution in [1.82, 2.24) is 5.32 Å². The number of carbonyl (C=O) groups is 1. The van der Waals surface area contributed by atoms with Crippen LogP contribution >= 0.6 is 15.9 Å². The Morgan fingerprint density at radius 1 is 1.42 bits per heavy atom. The van der Waals surface area contributed by atoms with E-state index in [1.807, 2.05) is 0 Å². The van der Waals surface area contributed by atoms with E-state index in [4.69, 9.17) is 0 Å². The summed E-state index contributed by atoms with van der Waals surface area (Å²) >= 11 is 3.42. The van der Waals surface area contributed by atoms with Crippen molar-refractivity contribution >= 4 is 21.8 Å². The number of benzene rings is 1. The molecular weight excluding hydrogens is 306 g/mol. The van der Waals surface area contributed by atoms with Crippen LogP contribution in [0.4, 0.5) is 0 Å². The summed E-state index contributed by atoms with van der Waals surface area (Å²) in [6.45, 7) is 6.72. The van der Waals surface area contributed by atoms with Gasteiger partial charge in [-0.05, 0) is 42.9 Å². The van der Waals surface area contributed by atoms with Crippen molar-refractivity contribution < 1.29 is 9.90 Å². The van der Waals surface area contributed by atoms with Crippen LogP contribution in [0.25, 0.3) is 0 Å². The maximum absolute atomic E-state index is 12.0. The maximum atomic E-state index is 12.0. The number of phenols is 1. The highest BCUT2D eigenvalue weighted by Gasteiger charge is 2.18. The van der Waals surface area contributed by atoms with E-state index in [1.54, 1.807) is 19.1 Å². The molecule has 2 N–H and O–H groups in total. The molecule has 1 aromatic carbocycles. The predicted octanol–water partition coefficient (Wildman–Crippen LogP) is 3.63. The van der Waals surface area contributed by atoms with Gasteiger partial charge in [-0.25, -0.2) is 0 Å². The molecule has 0 aliphatic rings. The highest BCUT2D eigenvalue weighted by molar-refractivity contribution is 9.09. The summed E-state index contributed by atoms with van der Waals surface area (Å²) in [5.74, 6) is 0.0217. The first kappa shape index (κ1) is 16.0. The summed E-state index contributed by atoms with van der Waals surface area (Å²) in [7, 11) is 0. The largest absolute Gasteiger partial charge is 0.508 e. The number of halogens is 1. The third-order valence-corrected chi connectivity index (χ3v) is 3.75. The average Bonchev–Trinajstić information content (AvgIpc) is 2.37. The van der Waals surface area contributed by atoms with Crippen LogP contribution in [0.1, 0.15) is 42.6 Å². The number of hydrogen-bond acceptors (Lipinski definition) is 2. The molecule has 106 valence electrons. The van der Waals surface area contributed by atoms with Gasteiger partial charge >= 0.3 is 0 Å². The Morgan fingerprint density at radius 2 is 2.11 bits per heavy atom. The van der Waals surface area contributed by atoms with Crippen LogP contribution < -0.4 is 5.32 Å². The highest BCUT2D eigenvalue weighted by Crippen LogP contribution is 2.22. The van der Waals surface area contributed by atoms with Crippen LogP contribution in [0.2, 0.25) is 0 Å². The summed E-state index contributed by atoms with van der Waals surface area (Å²) in [6, 6.07) is 4.99. The second-order valence-electron chi connectivity index (χ2n) is 5.64. The molecule has 0 fully saturated rings. The molecule has 19 heavy (non-hydrogen) atoms. The van der Waals surface area contributed by atoms with E-state index >= 15 is 0 Å². The SMILES string of the molecule is Cc1ccc(C(=O)NCC(C)(C)CCCBr)cc1O. The number of phenolic OH excluding ortho intramolecular Hbond substituents is 1. The Labute approximate surface area is 123 Å². The van der Waals surface area contributed by atoms with Gasteiger partial charge in [0, 0.05) is 17.4 Å². The number of nitrogens with one attached hydrogen (secondary N) is 1. The molecule has 0 aliphatic heterocycles. The first-order valence-electron chi connectivity index (χ1n) is 6.49. The summed E-state index contributed by atoms with van der Waals surface area (Å²) in [6.07, 6.45) is 2.14. The fourth-order valence-corrected chi connectivity index (χ4v) is 2.09. The number of rotatable bonds is 6. The number of aromatic hydroxyl groups is 1. The minimum Gasteiger partial charge on any atom is -0.508 e. The van der Waals surface area contributed by atoms with E-state index in [0.29, 0.717) is 12.1 Å². The standard InChI is InChI=1S/C15H22BrNO2/c1-11-5-6-12(9-13(11)18)14(19)17-10-15(2,3)7-4-8-16/h5-6,9,18H,4,7-8,10H2,1-3H3,(H,17,19). The van der Waals surface area contributed by atoms with E-state index in [0.717, 1.165) is 23.7 Å².